The average molecular weight is 231 g/mol. The molecule has 3 rings (SSSR count). The second-order valence-corrected chi connectivity index (χ2v) is 4.39. The Morgan fingerprint density at radius 2 is 2.24 bits per heavy atom. The van der Waals surface area contributed by atoms with Gasteiger partial charge in [-0.15, -0.1) is 0 Å². The Morgan fingerprint density at radius 1 is 1.41 bits per heavy atom. The second kappa shape index (κ2) is 3.52. The van der Waals surface area contributed by atoms with Crippen LogP contribution in [0.3, 0.4) is 0 Å². The quantitative estimate of drug-likeness (QED) is 0.752. The summed E-state index contributed by atoms with van der Waals surface area (Å²) in [6, 6.07) is 4.88. The van der Waals surface area contributed by atoms with Gasteiger partial charge in [-0.25, -0.2) is 0 Å². The van der Waals surface area contributed by atoms with Gasteiger partial charge in [0.25, 0.3) is 0 Å². The van der Waals surface area contributed by atoms with Gasteiger partial charge in [0.1, 0.15) is 0 Å². The van der Waals surface area contributed by atoms with Crippen LogP contribution in [0.2, 0.25) is 0 Å². The van der Waals surface area contributed by atoms with Crippen molar-refractivity contribution in [2.24, 2.45) is 0 Å². The van der Waals surface area contributed by atoms with Gasteiger partial charge in [0, 0.05) is 13.6 Å². The highest BCUT2D eigenvalue weighted by Crippen LogP contribution is 2.31. The number of aromatic hydroxyl groups is 1. The van der Waals surface area contributed by atoms with E-state index in [1.165, 1.54) is 6.07 Å². The van der Waals surface area contributed by atoms with E-state index in [1.807, 2.05) is 11.9 Å². The van der Waals surface area contributed by atoms with Gasteiger partial charge in [-0.05, 0) is 25.0 Å². The molecule has 1 N–H and O–H groups in total. The predicted octanol–water partition coefficient (Wildman–Crippen LogP) is 1.88. The molecule has 0 amide bonds. The van der Waals surface area contributed by atoms with Crippen LogP contribution in [0, 0.1) is 0 Å². The van der Waals surface area contributed by atoms with Crippen molar-refractivity contribution >= 4 is 16.9 Å². The van der Waals surface area contributed by atoms with E-state index in [0.717, 1.165) is 24.9 Å². The van der Waals surface area contributed by atoms with E-state index in [9.17, 15) is 9.90 Å². The summed E-state index contributed by atoms with van der Waals surface area (Å²) in [5.74, 6) is 0.608. The number of para-hydroxylation sites is 1. The summed E-state index contributed by atoms with van der Waals surface area (Å²) >= 11 is 0. The van der Waals surface area contributed by atoms with Crippen molar-refractivity contribution in [3.63, 3.8) is 0 Å². The molecular formula is C13H13NO3. The molecule has 4 heteroatoms. The first kappa shape index (κ1) is 10.2. The number of phenols is 1. The Labute approximate surface area is 98.1 Å². The fourth-order valence-corrected chi connectivity index (χ4v) is 2.35. The van der Waals surface area contributed by atoms with Crippen LogP contribution >= 0.6 is 0 Å². The first-order chi connectivity index (χ1) is 8.18. The number of benzene rings is 1. The molecule has 0 fully saturated rings. The van der Waals surface area contributed by atoms with Gasteiger partial charge < -0.3 is 14.4 Å². The number of phenolic OH excluding ortho intramolecular Hbond substituents is 1. The molecule has 0 radical (unpaired) electrons. The lowest BCUT2D eigenvalue weighted by Crippen LogP contribution is -2.28. The first-order valence-electron chi connectivity index (χ1n) is 5.67. The molecule has 0 atom stereocenters. The smallest absolute Gasteiger partial charge is 0.203 e. The zero-order chi connectivity index (χ0) is 12.0. The third kappa shape index (κ3) is 1.40. The predicted molar refractivity (Wildman–Crippen MR) is 65.7 cm³/mol. The minimum atomic E-state index is -0.0244. The van der Waals surface area contributed by atoms with Crippen LogP contribution in [0.1, 0.15) is 12.0 Å². The van der Waals surface area contributed by atoms with Crippen LogP contribution in [-0.4, -0.2) is 18.7 Å². The molecule has 17 heavy (non-hydrogen) atoms. The minimum Gasteiger partial charge on any atom is -0.504 e. The molecule has 2 aromatic rings. The Balaban J connectivity index is 2.44. The van der Waals surface area contributed by atoms with Crippen LogP contribution in [-0.2, 0) is 6.42 Å². The maximum absolute atomic E-state index is 12.3. The van der Waals surface area contributed by atoms with Gasteiger partial charge in [-0.2, -0.15) is 0 Å². The van der Waals surface area contributed by atoms with E-state index in [-0.39, 0.29) is 16.8 Å². The molecule has 1 aromatic heterocycles. The number of rotatable bonds is 0. The summed E-state index contributed by atoms with van der Waals surface area (Å²) in [4.78, 5) is 14.2. The van der Waals surface area contributed by atoms with Crippen LogP contribution in [0.25, 0.3) is 11.0 Å². The van der Waals surface area contributed by atoms with Crippen LogP contribution in [0.4, 0.5) is 5.88 Å². The number of hydrogen-bond donors (Lipinski definition) is 1. The topological polar surface area (TPSA) is 53.7 Å². The van der Waals surface area contributed by atoms with Crippen molar-refractivity contribution in [1.82, 2.24) is 0 Å². The van der Waals surface area contributed by atoms with Gasteiger partial charge in [0.15, 0.2) is 16.8 Å². The van der Waals surface area contributed by atoms with Crippen molar-refractivity contribution in [3.8, 4) is 5.75 Å². The molecule has 1 aromatic carbocycles. The number of fused-ring (bicyclic) bond motifs is 2. The molecular weight excluding hydrogens is 218 g/mol. The SMILES string of the molecule is CN1CCCc2c1oc1c(O)cccc1c2=O. The maximum Gasteiger partial charge on any atom is 0.203 e. The molecule has 88 valence electrons. The third-order valence-electron chi connectivity index (χ3n) is 3.24. The Kier molecular flexibility index (Phi) is 2.11. The second-order valence-electron chi connectivity index (χ2n) is 4.39. The fourth-order valence-electron chi connectivity index (χ4n) is 2.35. The molecule has 0 bridgehead atoms. The highest BCUT2D eigenvalue weighted by atomic mass is 16.4. The van der Waals surface area contributed by atoms with Crippen molar-refractivity contribution in [2.45, 2.75) is 12.8 Å². The summed E-state index contributed by atoms with van der Waals surface area (Å²) < 4.78 is 5.68. The summed E-state index contributed by atoms with van der Waals surface area (Å²) in [7, 11) is 1.90. The fraction of sp³-hybridized carbons (Fsp3) is 0.308. The number of nitrogens with zero attached hydrogens (tertiary/aromatic N) is 1. The minimum absolute atomic E-state index is 0.0152. The Hall–Kier alpha value is -1.97. The zero-order valence-corrected chi connectivity index (χ0v) is 9.56. The molecule has 0 unspecified atom stereocenters. The van der Waals surface area contributed by atoms with E-state index in [2.05, 4.69) is 0 Å². The summed E-state index contributed by atoms with van der Waals surface area (Å²) in [5.41, 5.74) is 0.977. The van der Waals surface area contributed by atoms with Crippen molar-refractivity contribution < 1.29 is 9.52 Å². The molecule has 4 nitrogen and oxygen atoms in total. The molecule has 1 aliphatic rings. The summed E-state index contributed by atoms with van der Waals surface area (Å²) in [6.07, 6.45) is 1.70. The molecule has 0 spiro atoms. The van der Waals surface area contributed by atoms with E-state index in [1.54, 1.807) is 12.1 Å². The monoisotopic (exact) mass is 231 g/mol. The highest BCUT2D eigenvalue weighted by molar-refractivity contribution is 5.84. The molecule has 1 aliphatic heterocycles. The van der Waals surface area contributed by atoms with Crippen molar-refractivity contribution in [3.05, 3.63) is 34.0 Å². The van der Waals surface area contributed by atoms with Crippen LogP contribution in [0.5, 0.6) is 5.75 Å². The van der Waals surface area contributed by atoms with Gasteiger partial charge in [-0.1, -0.05) is 6.07 Å². The van der Waals surface area contributed by atoms with E-state index in [4.69, 9.17) is 4.42 Å². The standard InChI is InChI=1S/C13H13NO3/c1-14-7-3-5-9-11(16)8-4-2-6-10(15)12(8)17-13(9)14/h2,4,6,15H,3,5,7H2,1H3. The van der Waals surface area contributed by atoms with E-state index >= 15 is 0 Å². The third-order valence-corrected chi connectivity index (χ3v) is 3.24. The largest absolute Gasteiger partial charge is 0.504 e. The van der Waals surface area contributed by atoms with Gasteiger partial charge in [0.05, 0.1) is 10.9 Å². The summed E-state index contributed by atoms with van der Waals surface area (Å²) in [5, 5.41) is 10.2. The van der Waals surface area contributed by atoms with Crippen LogP contribution < -0.4 is 10.3 Å². The van der Waals surface area contributed by atoms with Gasteiger partial charge >= 0.3 is 0 Å². The molecule has 0 aliphatic carbocycles. The maximum atomic E-state index is 12.3. The van der Waals surface area contributed by atoms with Crippen LogP contribution in [0.15, 0.2) is 27.4 Å². The lowest BCUT2D eigenvalue weighted by atomic mass is 10.0. The molecule has 2 heterocycles. The highest BCUT2D eigenvalue weighted by Gasteiger charge is 2.22. The zero-order valence-electron chi connectivity index (χ0n) is 9.56. The average Bonchev–Trinajstić information content (AvgIpc) is 2.32. The Bertz CT molecular complexity index is 645. The Morgan fingerprint density at radius 3 is 3.06 bits per heavy atom. The van der Waals surface area contributed by atoms with Gasteiger partial charge in [0.2, 0.25) is 5.88 Å². The van der Waals surface area contributed by atoms with Crippen molar-refractivity contribution in [2.75, 3.05) is 18.5 Å². The normalized spacial score (nSPS) is 15.0. The van der Waals surface area contributed by atoms with Crippen molar-refractivity contribution in [1.29, 1.82) is 0 Å². The van der Waals surface area contributed by atoms with Gasteiger partial charge in [-0.3, -0.25) is 4.79 Å². The summed E-state index contributed by atoms with van der Waals surface area (Å²) in [6.45, 7) is 0.870. The molecule has 0 saturated carbocycles. The lowest BCUT2D eigenvalue weighted by Gasteiger charge is -2.25. The first-order valence-corrected chi connectivity index (χ1v) is 5.67. The van der Waals surface area contributed by atoms with E-state index < -0.39 is 0 Å². The number of hydrogen-bond acceptors (Lipinski definition) is 4. The van der Waals surface area contributed by atoms with E-state index in [0.29, 0.717) is 11.3 Å². The number of anilines is 1. The molecule has 0 saturated heterocycles. The lowest BCUT2D eigenvalue weighted by molar-refractivity contribution is 0.459.